The monoisotopic (exact) mass is 504 g/mol. The molecular weight excluding hydrogens is 468 g/mol. The SMILES string of the molecule is CCOCCCN(C(=O)C(C)C)[C@@H]1C=C(C(=O)NCCO)[C@@H]2c3cc(C=O)cc(OC)c3O[C@@H]2[C@H]1O. The van der Waals surface area contributed by atoms with Crippen molar-refractivity contribution in [2.45, 2.75) is 51.4 Å². The number of carbonyl (C=O) groups excluding carboxylic acids is 3. The Balaban J connectivity index is 2.08. The van der Waals surface area contributed by atoms with E-state index in [4.69, 9.17) is 14.2 Å². The first kappa shape index (κ1) is 27.6. The number of hydrogen-bond acceptors (Lipinski definition) is 8. The molecule has 10 heteroatoms. The molecule has 0 bridgehead atoms. The Morgan fingerprint density at radius 1 is 1.31 bits per heavy atom. The number of nitrogens with one attached hydrogen (secondary N) is 1. The van der Waals surface area contributed by atoms with Gasteiger partial charge in [0.05, 0.1) is 25.7 Å². The van der Waals surface area contributed by atoms with Crippen molar-refractivity contribution in [2.24, 2.45) is 5.92 Å². The summed E-state index contributed by atoms with van der Waals surface area (Å²) in [6.45, 7) is 6.57. The van der Waals surface area contributed by atoms with E-state index < -0.39 is 30.1 Å². The maximum atomic E-state index is 13.2. The number of methoxy groups -OCH3 is 1. The fourth-order valence-corrected chi connectivity index (χ4v) is 4.78. The van der Waals surface area contributed by atoms with Gasteiger partial charge >= 0.3 is 0 Å². The van der Waals surface area contributed by atoms with Gasteiger partial charge in [-0.1, -0.05) is 13.8 Å². The zero-order valence-electron chi connectivity index (χ0n) is 21.2. The number of nitrogens with zero attached hydrogens (tertiary/aromatic N) is 1. The van der Waals surface area contributed by atoms with Crippen LogP contribution in [0.3, 0.4) is 0 Å². The van der Waals surface area contributed by atoms with Crippen LogP contribution < -0.4 is 14.8 Å². The molecule has 198 valence electrons. The number of aliphatic hydroxyl groups is 2. The number of rotatable bonds is 12. The van der Waals surface area contributed by atoms with Crippen LogP contribution >= 0.6 is 0 Å². The first-order chi connectivity index (χ1) is 17.3. The Hall–Kier alpha value is -2.95. The molecule has 0 spiro atoms. The summed E-state index contributed by atoms with van der Waals surface area (Å²) in [5.74, 6) is -0.991. The average molecular weight is 505 g/mol. The van der Waals surface area contributed by atoms with Gasteiger partial charge in [0.1, 0.15) is 18.5 Å². The van der Waals surface area contributed by atoms with E-state index in [1.807, 2.05) is 6.92 Å². The minimum Gasteiger partial charge on any atom is -0.493 e. The number of aldehydes is 1. The second kappa shape index (κ2) is 12.3. The van der Waals surface area contributed by atoms with Gasteiger partial charge in [-0.3, -0.25) is 14.4 Å². The van der Waals surface area contributed by atoms with Gasteiger partial charge in [-0.25, -0.2) is 0 Å². The molecule has 3 N–H and O–H groups in total. The summed E-state index contributed by atoms with van der Waals surface area (Å²) in [5, 5.41) is 23.4. The highest BCUT2D eigenvalue weighted by molar-refractivity contribution is 5.96. The third-order valence-electron chi connectivity index (χ3n) is 6.44. The molecule has 0 saturated heterocycles. The first-order valence-electron chi connectivity index (χ1n) is 12.3. The van der Waals surface area contributed by atoms with Gasteiger partial charge in [-0.15, -0.1) is 0 Å². The third kappa shape index (κ3) is 5.55. The van der Waals surface area contributed by atoms with Gasteiger partial charge in [-0.2, -0.15) is 0 Å². The van der Waals surface area contributed by atoms with Gasteiger partial charge in [-0.05, 0) is 31.6 Å². The lowest BCUT2D eigenvalue weighted by molar-refractivity contribution is -0.140. The van der Waals surface area contributed by atoms with Crippen molar-refractivity contribution in [1.29, 1.82) is 0 Å². The normalized spacial score (nSPS) is 22.2. The molecule has 1 heterocycles. The molecule has 0 fully saturated rings. The summed E-state index contributed by atoms with van der Waals surface area (Å²) in [5.41, 5.74) is 1.18. The molecule has 36 heavy (non-hydrogen) atoms. The molecule has 3 rings (SSSR count). The number of amides is 2. The van der Waals surface area contributed by atoms with Crippen molar-refractivity contribution in [3.8, 4) is 11.5 Å². The number of carbonyl (C=O) groups is 3. The van der Waals surface area contributed by atoms with Crippen LogP contribution in [-0.2, 0) is 14.3 Å². The molecule has 4 atom stereocenters. The van der Waals surface area contributed by atoms with Crippen LogP contribution in [0.25, 0.3) is 0 Å². The van der Waals surface area contributed by atoms with Crippen LogP contribution in [0, 0.1) is 5.92 Å². The molecule has 1 aliphatic carbocycles. The Bertz CT molecular complexity index is 992. The molecule has 1 aromatic rings. The summed E-state index contributed by atoms with van der Waals surface area (Å²) in [4.78, 5) is 39.6. The Morgan fingerprint density at radius 3 is 2.67 bits per heavy atom. The average Bonchev–Trinajstić information content (AvgIpc) is 3.27. The fourth-order valence-electron chi connectivity index (χ4n) is 4.78. The third-order valence-corrected chi connectivity index (χ3v) is 6.44. The smallest absolute Gasteiger partial charge is 0.247 e. The maximum absolute atomic E-state index is 13.2. The summed E-state index contributed by atoms with van der Waals surface area (Å²) < 4.78 is 17.0. The zero-order chi connectivity index (χ0) is 26.4. The van der Waals surface area contributed by atoms with Crippen molar-refractivity contribution in [1.82, 2.24) is 10.2 Å². The predicted molar refractivity (Wildman–Crippen MR) is 131 cm³/mol. The minimum atomic E-state index is -1.16. The molecule has 0 saturated carbocycles. The number of aliphatic hydroxyl groups excluding tert-OH is 2. The number of hydrogen-bond donors (Lipinski definition) is 3. The second-order valence-electron chi connectivity index (χ2n) is 9.14. The van der Waals surface area contributed by atoms with Gasteiger partial charge in [0, 0.05) is 48.9 Å². The van der Waals surface area contributed by atoms with E-state index in [9.17, 15) is 24.6 Å². The highest BCUT2D eigenvalue weighted by Crippen LogP contribution is 2.51. The lowest BCUT2D eigenvalue weighted by Gasteiger charge is -2.41. The van der Waals surface area contributed by atoms with Crippen molar-refractivity contribution < 1.29 is 38.8 Å². The molecule has 2 aliphatic rings. The Labute approximate surface area is 211 Å². The number of fused-ring (bicyclic) bond motifs is 3. The van der Waals surface area contributed by atoms with Gasteiger partial charge in [0.2, 0.25) is 11.8 Å². The molecule has 0 unspecified atom stereocenters. The summed E-state index contributed by atoms with van der Waals surface area (Å²) in [7, 11) is 1.45. The van der Waals surface area contributed by atoms with Crippen LogP contribution in [0.2, 0.25) is 0 Å². The fraction of sp³-hybridized carbons (Fsp3) is 0.577. The quantitative estimate of drug-likeness (QED) is 0.284. The largest absolute Gasteiger partial charge is 0.493 e. The lowest BCUT2D eigenvalue weighted by atomic mass is 9.77. The van der Waals surface area contributed by atoms with Crippen LogP contribution in [0.5, 0.6) is 11.5 Å². The summed E-state index contributed by atoms with van der Waals surface area (Å²) in [6, 6.07) is 2.32. The van der Waals surface area contributed by atoms with Crippen molar-refractivity contribution in [3.63, 3.8) is 0 Å². The van der Waals surface area contributed by atoms with Crippen molar-refractivity contribution in [3.05, 3.63) is 34.9 Å². The molecule has 0 radical (unpaired) electrons. The van der Waals surface area contributed by atoms with Crippen LogP contribution in [0.1, 0.15) is 49.0 Å². The van der Waals surface area contributed by atoms with E-state index in [2.05, 4.69) is 5.32 Å². The van der Waals surface area contributed by atoms with Gasteiger partial charge in [0.25, 0.3) is 0 Å². The Morgan fingerprint density at radius 2 is 2.06 bits per heavy atom. The first-order valence-corrected chi connectivity index (χ1v) is 12.3. The standard InChI is InChI=1S/C26H36N2O8/c1-5-35-10-6-8-28(26(33)15(2)3)19-13-18(25(32)27-7-9-29)21-17-11-16(14-30)12-20(34-4)23(17)36-24(21)22(19)31/h11-15,19,21-22,24,29,31H,5-10H2,1-4H3,(H,27,32)/t19-,21+,22+,24+/m1/s1. The molecular formula is C26H36N2O8. The van der Waals surface area contributed by atoms with E-state index in [0.717, 1.165) is 0 Å². The molecule has 0 aromatic heterocycles. The number of benzene rings is 1. The summed E-state index contributed by atoms with van der Waals surface area (Å²) >= 11 is 0. The van der Waals surface area contributed by atoms with E-state index in [1.165, 1.54) is 13.2 Å². The highest BCUT2D eigenvalue weighted by Gasteiger charge is 2.51. The van der Waals surface area contributed by atoms with Crippen LogP contribution in [0.4, 0.5) is 0 Å². The second-order valence-corrected chi connectivity index (χ2v) is 9.14. The number of ether oxygens (including phenoxy) is 3. The van der Waals surface area contributed by atoms with Crippen LogP contribution in [-0.4, -0.2) is 91.5 Å². The van der Waals surface area contributed by atoms with Gasteiger partial charge in [0.15, 0.2) is 11.5 Å². The van der Waals surface area contributed by atoms with Gasteiger partial charge < -0.3 is 34.6 Å². The maximum Gasteiger partial charge on any atom is 0.247 e. The molecule has 2 amide bonds. The van der Waals surface area contributed by atoms with E-state index in [-0.39, 0.29) is 25.0 Å². The topological polar surface area (TPSA) is 135 Å². The zero-order valence-corrected chi connectivity index (χ0v) is 21.2. The van der Waals surface area contributed by atoms with E-state index in [1.54, 1.807) is 30.9 Å². The van der Waals surface area contributed by atoms with Crippen LogP contribution in [0.15, 0.2) is 23.8 Å². The lowest BCUT2D eigenvalue weighted by Crippen LogP contribution is -2.56. The van der Waals surface area contributed by atoms with Crippen molar-refractivity contribution >= 4 is 18.1 Å². The predicted octanol–water partition coefficient (Wildman–Crippen LogP) is 1.04. The highest BCUT2D eigenvalue weighted by atomic mass is 16.5. The van der Waals surface area contributed by atoms with Crippen molar-refractivity contribution in [2.75, 3.05) is 40.0 Å². The minimum absolute atomic E-state index is 0.0369. The summed E-state index contributed by atoms with van der Waals surface area (Å²) in [6.07, 6.45) is 0.791. The van der Waals surface area contributed by atoms with E-state index >= 15 is 0 Å². The van der Waals surface area contributed by atoms with E-state index in [0.29, 0.717) is 60.7 Å². The molecule has 1 aromatic carbocycles. The Kier molecular flexibility index (Phi) is 9.47. The molecule has 10 nitrogen and oxygen atoms in total. The molecule has 1 aliphatic heterocycles.